The lowest BCUT2D eigenvalue weighted by atomic mass is 10.1. The van der Waals surface area contributed by atoms with Gasteiger partial charge >= 0.3 is 0 Å². The summed E-state index contributed by atoms with van der Waals surface area (Å²) < 4.78 is 1.87. The van der Waals surface area contributed by atoms with Gasteiger partial charge in [0, 0.05) is 23.8 Å². The number of rotatable bonds is 5. The van der Waals surface area contributed by atoms with Crippen LogP contribution in [0.3, 0.4) is 0 Å². The number of benzene rings is 1. The first kappa shape index (κ1) is 12.6. The molecular weight excluding hydrogens is 260 g/mol. The lowest BCUT2D eigenvalue weighted by Gasteiger charge is -2.14. The Labute approximate surface area is 117 Å². The fourth-order valence-electron chi connectivity index (χ4n) is 2.67. The summed E-state index contributed by atoms with van der Waals surface area (Å²) in [5.41, 5.74) is 2.80. The number of aromatic nitrogens is 3. The molecule has 19 heavy (non-hydrogen) atoms. The van der Waals surface area contributed by atoms with Gasteiger partial charge in [-0.2, -0.15) is 0 Å². The van der Waals surface area contributed by atoms with E-state index in [1.54, 1.807) is 6.20 Å². The largest absolute Gasteiger partial charge is 0.310 e. The van der Waals surface area contributed by atoms with Crippen molar-refractivity contribution < 1.29 is 0 Å². The molecular formula is C14H17ClN4. The number of halogens is 1. The zero-order chi connectivity index (χ0) is 13.1. The van der Waals surface area contributed by atoms with Gasteiger partial charge in [0.15, 0.2) is 0 Å². The highest BCUT2D eigenvalue weighted by molar-refractivity contribution is 6.30. The van der Waals surface area contributed by atoms with Crippen LogP contribution < -0.4 is 5.32 Å². The van der Waals surface area contributed by atoms with E-state index in [0.29, 0.717) is 6.04 Å². The van der Waals surface area contributed by atoms with Crippen LogP contribution in [0.5, 0.6) is 0 Å². The third-order valence-electron chi connectivity index (χ3n) is 3.61. The Morgan fingerprint density at radius 3 is 3.21 bits per heavy atom. The standard InChI is InChI=1S/C14H17ClN4/c15-12-3-4-13-11(10-12)2-5-14(13)16-6-1-8-19-9-7-17-18-19/h3-4,7,9-10,14,16H,1-2,5-6,8H2. The molecule has 1 atom stereocenters. The summed E-state index contributed by atoms with van der Waals surface area (Å²) in [6.07, 6.45) is 6.95. The molecule has 1 aromatic heterocycles. The molecule has 1 unspecified atom stereocenters. The molecule has 0 fully saturated rings. The van der Waals surface area contributed by atoms with Crippen LogP contribution in [0.4, 0.5) is 0 Å². The summed E-state index contributed by atoms with van der Waals surface area (Å²) in [5.74, 6) is 0. The van der Waals surface area contributed by atoms with E-state index in [0.717, 1.165) is 31.0 Å². The van der Waals surface area contributed by atoms with E-state index >= 15 is 0 Å². The van der Waals surface area contributed by atoms with E-state index in [2.05, 4.69) is 27.8 Å². The molecule has 0 radical (unpaired) electrons. The van der Waals surface area contributed by atoms with Gasteiger partial charge in [-0.1, -0.05) is 22.9 Å². The van der Waals surface area contributed by atoms with E-state index in [9.17, 15) is 0 Å². The zero-order valence-electron chi connectivity index (χ0n) is 10.7. The average molecular weight is 277 g/mol. The fraction of sp³-hybridized carbons (Fsp3) is 0.429. The topological polar surface area (TPSA) is 42.7 Å². The predicted molar refractivity (Wildman–Crippen MR) is 75.2 cm³/mol. The molecule has 0 amide bonds. The summed E-state index contributed by atoms with van der Waals surface area (Å²) >= 11 is 6.02. The van der Waals surface area contributed by atoms with Crippen LogP contribution in [0, 0.1) is 0 Å². The molecule has 1 N–H and O–H groups in total. The van der Waals surface area contributed by atoms with E-state index < -0.39 is 0 Å². The van der Waals surface area contributed by atoms with E-state index in [1.807, 2.05) is 16.9 Å². The third-order valence-corrected chi connectivity index (χ3v) is 3.84. The van der Waals surface area contributed by atoms with Crippen LogP contribution in [0.15, 0.2) is 30.6 Å². The molecule has 3 rings (SSSR count). The van der Waals surface area contributed by atoms with Crippen molar-refractivity contribution in [2.75, 3.05) is 6.54 Å². The zero-order valence-corrected chi connectivity index (χ0v) is 11.5. The molecule has 1 heterocycles. The first-order valence-corrected chi connectivity index (χ1v) is 7.06. The average Bonchev–Trinajstić information content (AvgIpc) is 3.03. The van der Waals surface area contributed by atoms with Gasteiger partial charge in [0.2, 0.25) is 0 Å². The molecule has 0 aliphatic heterocycles. The highest BCUT2D eigenvalue weighted by Crippen LogP contribution is 2.32. The normalized spacial score (nSPS) is 17.6. The minimum atomic E-state index is 0.475. The molecule has 1 aliphatic rings. The molecule has 0 saturated heterocycles. The molecule has 2 aromatic rings. The number of nitrogens with zero attached hydrogens (tertiary/aromatic N) is 3. The second-order valence-corrected chi connectivity index (χ2v) is 5.34. The van der Waals surface area contributed by atoms with Crippen LogP contribution in [0.2, 0.25) is 5.02 Å². The maximum Gasteiger partial charge on any atom is 0.0692 e. The van der Waals surface area contributed by atoms with Crippen LogP contribution in [-0.4, -0.2) is 21.5 Å². The van der Waals surface area contributed by atoms with Gasteiger partial charge in [-0.3, -0.25) is 4.68 Å². The quantitative estimate of drug-likeness (QED) is 0.854. The van der Waals surface area contributed by atoms with Crippen LogP contribution >= 0.6 is 11.6 Å². The Kier molecular flexibility index (Phi) is 3.80. The van der Waals surface area contributed by atoms with Crippen molar-refractivity contribution in [3.63, 3.8) is 0 Å². The molecule has 5 heteroatoms. The van der Waals surface area contributed by atoms with Crippen LogP contribution in [0.1, 0.15) is 30.0 Å². The highest BCUT2D eigenvalue weighted by Gasteiger charge is 2.21. The Morgan fingerprint density at radius 1 is 1.42 bits per heavy atom. The minimum Gasteiger partial charge on any atom is -0.310 e. The molecule has 0 saturated carbocycles. The molecule has 0 spiro atoms. The lowest BCUT2D eigenvalue weighted by molar-refractivity contribution is 0.481. The SMILES string of the molecule is Clc1ccc2c(c1)CCC2NCCCn1ccnn1. The first-order chi connectivity index (χ1) is 9.33. The van der Waals surface area contributed by atoms with Crippen LogP contribution in [-0.2, 0) is 13.0 Å². The van der Waals surface area contributed by atoms with Gasteiger partial charge in [0.1, 0.15) is 0 Å². The second kappa shape index (κ2) is 5.72. The fourth-order valence-corrected chi connectivity index (χ4v) is 2.86. The van der Waals surface area contributed by atoms with Gasteiger partial charge in [-0.05, 0) is 49.1 Å². The minimum absolute atomic E-state index is 0.475. The smallest absolute Gasteiger partial charge is 0.0692 e. The lowest BCUT2D eigenvalue weighted by Crippen LogP contribution is -2.21. The van der Waals surface area contributed by atoms with Crippen molar-refractivity contribution in [3.05, 3.63) is 46.7 Å². The van der Waals surface area contributed by atoms with E-state index in [4.69, 9.17) is 11.6 Å². The van der Waals surface area contributed by atoms with Crippen molar-refractivity contribution in [2.24, 2.45) is 0 Å². The maximum atomic E-state index is 6.02. The van der Waals surface area contributed by atoms with Gasteiger partial charge in [0.25, 0.3) is 0 Å². The summed E-state index contributed by atoms with van der Waals surface area (Å²) in [6.45, 7) is 1.90. The summed E-state index contributed by atoms with van der Waals surface area (Å²) in [7, 11) is 0. The van der Waals surface area contributed by atoms with E-state index in [1.165, 1.54) is 17.5 Å². The van der Waals surface area contributed by atoms with Crippen molar-refractivity contribution in [2.45, 2.75) is 31.8 Å². The van der Waals surface area contributed by atoms with Crippen molar-refractivity contribution in [1.29, 1.82) is 0 Å². The Hall–Kier alpha value is -1.39. The second-order valence-electron chi connectivity index (χ2n) is 4.91. The number of hydrogen-bond acceptors (Lipinski definition) is 3. The molecule has 4 nitrogen and oxygen atoms in total. The summed E-state index contributed by atoms with van der Waals surface area (Å²) in [4.78, 5) is 0. The summed E-state index contributed by atoms with van der Waals surface area (Å²) in [6, 6.07) is 6.70. The van der Waals surface area contributed by atoms with Gasteiger partial charge in [-0.25, -0.2) is 0 Å². The molecule has 100 valence electrons. The molecule has 1 aromatic carbocycles. The first-order valence-electron chi connectivity index (χ1n) is 6.69. The third kappa shape index (κ3) is 2.96. The number of hydrogen-bond donors (Lipinski definition) is 1. The van der Waals surface area contributed by atoms with Crippen molar-refractivity contribution in [1.82, 2.24) is 20.3 Å². The van der Waals surface area contributed by atoms with Gasteiger partial charge in [0.05, 0.1) is 6.20 Å². The Balaban J connectivity index is 1.50. The van der Waals surface area contributed by atoms with Gasteiger partial charge in [-0.15, -0.1) is 5.10 Å². The van der Waals surface area contributed by atoms with Gasteiger partial charge < -0.3 is 5.32 Å². The molecule has 1 aliphatic carbocycles. The van der Waals surface area contributed by atoms with Crippen molar-refractivity contribution in [3.8, 4) is 0 Å². The number of aryl methyl sites for hydroxylation is 2. The Morgan fingerprint density at radius 2 is 2.37 bits per heavy atom. The Bertz CT molecular complexity index is 538. The van der Waals surface area contributed by atoms with Crippen LogP contribution in [0.25, 0.3) is 0 Å². The monoisotopic (exact) mass is 276 g/mol. The van der Waals surface area contributed by atoms with Crippen molar-refractivity contribution >= 4 is 11.6 Å². The highest BCUT2D eigenvalue weighted by atomic mass is 35.5. The number of fused-ring (bicyclic) bond motifs is 1. The number of nitrogens with one attached hydrogen (secondary N) is 1. The van der Waals surface area contributed by atoms with E-state index in [-0.39, 0.29) is 0 Å². The summed E-state index contributed by atoms with van der Waals surface area (Å²) in [5, 5.41) is 12.2. The molecule has 0 bridgehead atoms. The maximum absolute atomic E-state index is 6.02. The predicted octanol–water partition coefficient (Wildman–Crippen LogP) is 2.60.